The van der Waals surface area contributed by atoms with E-state index in [1.165, 1.54) is 0 Å². The zero-order chi connectivity index (χ0) is 11.5. The van der Waals surface area contributed by atoms with Crippen molar-refractivity contribution in [2.24, 2.45) is 0 Å². The van der Waals surface area contributed by atoms with E-state index in [0.29, 0.717) is 24.7 Å². The lowest BCUT2D eigenvalue weighted by molar-refractivity contribution is -0.122. The van der Waals surface area contributed by atoms with Crippen LogP contribution in [0.1, 0.15) is 25.6 Å². The Morgan fingerprint density at radius 3 is 2.73 bits per heavy atom. The third-order valence-corrected chi connectivity index (χ3v) is 2.10. The maximum atomic E-state index is 11.4. The summed E-state index contributed by atoms with van der Waals surface area (Å²) in [6, 6.07) is 0. The first-order chi connectivity index (χ1) is 6.89. The second-order valence-electron chi connectivity index (χ2n) is 3.71. The average Bonchev–Trinajstić information content (AvgIpc) is 2.49. The van der Waals surface area contributed by atoms with Gasteiger partial charge in [-0.1, -0.05) is 21.1 Å². The maximum Gasteiger partial charge on any atom is 0.236 e. The molecule has 1 amide bonds. The van der Waals surface area contributed by atoms with Gasteiger partial charge in [0, 0.05) is 19.9 Å². The van der Waals surface area contributed by atoms with Crippen LogP contribution in [-0.4, -0.2) is 26.9 Å². The standard InChI is InChI=1S/C9H14BrN3O2/c1-6-12-7(13-15-6)4-5-11-8(14)9(2,3)10/h4-5H2,1-3H3,(H,11,14). The summed E-state index contributed by atoms with van der Waals surface area (Å²) in [5.41, 5.74) is 0. The van der Waals surface area contributed by atoms with Gasteiger partial charge in [-0.2, -0.15) is 4.98 Å². The fraction of sp³-hybridized carbons (Fsp3) is 0.667. The Kier molecular flexibility index (Phi) is 3.84. The number of hydrogen-bond acceptors (Lipinski definition) is 4. The molecule has 0 atom stereocenters. The van der Waals surface area contributed by atoms with Gasteiger partial charge in [-0.3, -0.25) is 4.79 Å². The Bertz CT molecular complexity index is 343. The molecule has 15 heavy (non-hydrogen) atoms. The number of aryl methyl sites for hydroxylation is 1. The minimum atomic E-state index is -0.541. The second kappa shape index (κ2) is 4.74. The van der Waals surface area contributed by atoms with Gasteiger partial charge in [-0.05, 0) is 13.8 Å². The van der Waals surface area contributed by atoms with Crippen LogP contribution in [0.4, 0.5) is 0 Å². The zero-order valence-corrected chi connectivity index (χ0v) is 10.6. The molecule has 1 aromatic heterocycles. The molecule has 6 heteroatoms. The molecule has 0 spiro atoms. The summed E-state index contributed by atoms with van der Waals surface area (Å²) >= 11 is 3.27. The number of amides is 1. The molecule has 0 radical (unpaired) electrons. The lowest BCUT2D eigenvalue weighted by Gasteiger charge is -2.14. The minimum Gasteiger partial charge on any atom is -0.354 e. The van der Waals surface area contributed by atoms with Crippen LogP contribution < -0.4 is 5.32 Å². The number of aromatic nitrogens is 2. The van der Waals surface area contributed by atoms with E-state index in [4.69, 9.17) is 4.52 Å². The van der Waals surface area contributed by atoms with Crippen LogP contribution in [0.5, 0.6) is 0 Å². The van der Waals surface area contributed by atoms with Crippen molar-refractivity contribution in [1.29, 1.82) is 0 Å². The van der Waals surface area contributed by atoms with Crippen molar-refractivity contribution in [3.63, 3.8) is 0 Å². The zero-order valence-electron chi connectivity index (χ0n) is 9.00. The molecule has 1 rings (SSSR count). The number of halogens is 1. The molecule has 0 aliphatic heterocycles. The fourth-order valence-corrected chi connectivity index (χ4v) is 1.08. The van der Waals surface area contributed by atoms with Crippen molar-refractivity contribution in [1.82, 2.24) is 15.5 Å². The molecule has 0 aliphatic carbocycles. The van der Waals surface area contributed by atoms with E-state index in [1.807, 2.05) is 0 Å². The lowest BCUT2D eigenvalue weighted by Crippen LogP contribution is -2.38. The van der Waals surface area contributed by atoms with E-state index in [2.05, 4.69) is 31.4 Å². The molecule has 0 aliphatic rings. The van der Waals surface area contributed by atoms with Crippen LogP contribution in [0.3, 0.4) is 0 Å². The number of alkyl halides is 1. The molecule has 1 N–H and O–H groups in total. The molecular formula is C9H14BrN3O2. The highest BCUT2D eigenvalue weighted by Crippen LogP contribution is 2.14. The lowest BCUT2D eigenvalue weighted by atomic mass is 10.2. The average molecular weight is 276 g/mol. The van der Waals surface area contributed by atoms with Gasteiger partial charge in [-0.25, -0.2) is 0 Å². The number of hydrogen-bond donors (Lipinski definition) is 1. The molecule has 0 aromatic carbocycles. The van der Waals surface area contributed by atoms with Gasteiger partial charge in [0.25, 0.3) is 0 Å². The minimum absolute atomic E-state index is 0.0530. The number of carbonyl (C=O) groups excluding carboxylic acids is 1. The first kappa shape index (κ1) is 12.2. The van der Waals surface area contributed by atoms with Gasteiger partial charge in [0.2, 0.25) is 11.8 Å². The second-order valence-corrected chi connectivity index (χ2v) is 5.69. The summed E-state index contributed by atoms with van der Waals surface area (Å²) in [6.07, 6.45) is 0.576. The van der Waals surface area contributed by atoms with Crippen LogP contribution in [-0.2, 0) is 11.2 Å². The van der Waals surface area contributed by atoms with Crippen molar-refractivity contribution in [3.8, 4) is 0 Å². The predicted molar refractivity (Wildman–Crippen MR) is 58.8 cm³/mol. The van der Waals surface area contributed by atoms with Gasteiger partial charge >= 0.3 is 0 Å². The van der Waals surface area contributed by atoms with Crippen molar-refractivity contribution in [2.75, 3.05) is 6.54 Å². The molecule has 5 nitrogen and oxygen atoms in total. The Labute approximate surface area is 96.7 Å². The third-order valence-electron chi connectivity index (χ3n) is 1.74. The largest absolute Gasteiger partial charge is 0.354 e. The predicted octanol–water partition coefficient (Wildman–Crippen LogP) is 1.21. The first-order valence-electron chi connectivity index (χ1n) is 4.66. The van der Waals surface area contributed by atoms with Gasteiger partial charge in [0.1, 0.15) is 0 Å². The van der Waals surface area contributed by atoms with Crippen LogP contribution in [0, 0.1) is 6.92 Å². The SMILES string of the molecule is Cc1nc(CCNC(=O)C(C)(C)Br)no1. The molecule has 0 fully saturated rings. The smallest absolute Gasteiger partial charge is 0.236 e. The summed E-state index contributed by atoms with van der Waals surface area (Å²) in [7, 11) is 0. The monoisotopic (exact) mass is 275 g/mol. The molecular weight excluding hydrogens is 262 g/mol. The molecule has 0 saturated carbocycles. The van der Waals surface area contributed by atoms with Gasteiger partial charge in [-0.15, -0.1) is 0 Å². The molecule has 1 heterocycles. The molecule has 1 aromatic rings. The Morgan fingerprint density at radius 2 is 2.27 bits per heavy atom. The summed E-state index contributed by atoms with van der Waals surface area (Å²) in [5.74, 6) is 1.10. The number of carbonyl (C=O) groups is 1. The van der Waals surface area contributed by atoms with E-state index in [9.17, 15) is 4.79 Å². The van der Waals surface area contributed by atoms with Crippen molar-refractivity contribution in [2.45, 2.75) is 31.5 Å². The van der Waals surface area contributed by atoms with Gasteiger partial charge in [0.05, 0.1) is 4.32 Å². The van der Waals surface area contributed by atoms with E-state index in [0.717, 1.165) is 0 Å². The van der Waals surface area contributed by atoms with Crippen LogP contribution in [0.15, 0.2) is 4.52 Å². The summed E-state index contributed by atoms with van der Waals surface area (Å²) in [5, 5.41) is 6.50. The van der Waals surface area contributed by atoms with Crippen molar-refractivity contribution in [3.05, 3.63) is 11.7 Å². The van der Waals surface area contributed by atoms with Crippen molar-refractivity contribution >= 4 is 21.8 Å². The van der Waals surface area contributed by atoms with E-state index >= 15 is 0 Å². The highest BCUT2D eigenvalue weighted by atomic mass is 79.9. The number of nitrogens with zero attached hydrogens (tertiary/aromatic N) is 2. The van der Waals surface area contributed by atoms with Crippen LogP contribution in [0.2, 0.25) is 0 Å². The quantitative estimate of drug-likeness (QED) is 0.839. The normalized spacial score (nSPS) is 11.5. The number of nitrogens with one attached hydrogen (secondary N) is 1. The van der Waals surface area contributed by atoms with E-state index in [1.54, 1.807) is 20.8 Å². The maximum absolute atomic E-state index is 11.4. The molecule has 84 valence electrons. The summed E-state index contributed by atoms with van der Waals surface area (Å²) in [4.78, 5) is 15.5. The van der Waals surface area contributed by atoms with Crippen LogP contribution >= 0.6 is 15.9 Å². The third kappa shape index (κ3) is 3.99. The van der Waals surface area contributed by atoms with E-state index in [-0.39, 0.29) is 5.91 Å². The topological polar surface area (TPSA) is 68.0 Å². The number of rotatable bonds is 4. The van der Waals surface area contributed by atoms with Crippen LogP contribution in [0.25, 0.3) is 0 Å². The first-order valence-corrected chi connectivity index (χ1v) is 5.45. The Hall–Kier alpha value is -0.910. The molecule has 0 bridgehead atoms. The van der Waals surface area contributed by atoms with E-state index < -0.39 is 4.32 Å². The van der Waals surface area contributed by atoms with Crippen molar-refractivity contribution < 1.29 is 9.32 Å². The highest BCUT2D eigenvalue weighted by molar-refractivity contribution is 9.10. The van der Waals surface area contributed by atoms with Gasteiger partial charge in [0.15, 0.2) is 5.82 Å². The Morgan fingerprint density at radius 1 is 1.60 bits per heavy atom. The Balaban J connectivity index is 2.31. The summed E-state index contributed by atoms with van der Waals surface area (Å²) in [6.45, 7) is 5.82. The molecule has 0 saturated heterocycles. The van der Waals surface area contributed by atoms with Gasteiger partial charge < -0.3 is 9.84 Å². The summed E-state index contributed by atoms with van der Waals surface area (Å²) < 4.78 is 4.26. The molecule has 0 unspecified atom stereocenters. The fourth-order valence-electron chi connectivity index (χ4n) is 0.941. The highest BCUT2D eigenvalue weighted by Gasteiger charge is 2.22.